The largest absolute Gasteiger partial charge is 0.348 e. The van der Waals surface area contributed by atoms with Crippen LogP contribution in [0.2, 0.25) is 5.02 Å². The third-order valence-electron chi connectivity index (χ3n) is 4.41. The van der Waals surface area contributed by atoms with Crippen LogP contribution in [0.15, 0.2) is 29.3 Å². The van der Waals surface area contributed by atoms with Crippen molar-refractivity contribution < 1.29 is 4.79 Å². The van der Waals surface area contributed by atoms with Gasteiger partial charge in [0.2, 0.25) is 5.95 Å². The number of pyridine rings is 1. The molecule has 0 saturated heterocycles. The van der Waals surface area contributed by atoms with Crippen LogP contribution < -0.4 is 10.5 Å². The predicted octanol–water partition coefficient (Wildman–Crippen LogP) is 1.34. The summed E-state index contributed by atoms with van der Waals surface area (Å²) in [5, 5.41) is 0.570. The SMILES string of the molecule is CN(C)c1nc2c(c(=O)[nH]1)CCN(C(=O)c1cn3cc(Cl)ccc3n1)C2. The number of halogens is 1. The first-order valence-electron chi connectivity index (χ1n) is 8.15. The standard InChI is InChI=1S/C17H17ClN6O2/c1-22(2)17-20-12-8-23(6-5-11(12)15(25)21-17)16(26)13-9-24-7-10(18)3-4-14(24)19-13/h3-4,7,9H,5-6,8H2,1-2H3,(H,20,21,25). The molecule has 3 aromatic heterocycles. The summed E-state index contributed by atoms with van der Waals surface area (Å²) < 4.78 is 1.72. The fourth-order valence-corrected chi connectivity index (χ4v) is 3.21. The number of hydrogen-bond donors (Lipinski definition) is 1. The average molecular weight is 373 g/mol. The molecular weight excluding hydrogens is 356 g/mol. The maximum Gasteiger partial charge on any atom is 0.274 e. The normalized spacial score (nSPS) is 13.7. The van der Waals surface area contributed by atoms with Crippen molar-refractivity contribution in [2.75, 3.05) is 25.5 Å². The topological polar surface area (TPSA) is 86.6 Å². The lowest BCUT2D eigenvalue weighted by Gasteiger charge is -2.27. The molecule has 4 rings (SSSR count). The molecule has 4 heterocycles. The number of H-pyrrole nitrogens is 1. The maximum atomic E-state index is 12.9. The number of aromatic amines is 1. The molecule has 1 aliphatic heterocycles. The van der Waals surface area contributed by atoms with Gasteiger partial charge in [0.05, 0.1) is 17.3 Å². The summed E-state index contributed by atoms with van der Waals surface area (Å²) in [6.45, 7) is 0.736. The van der Waals surface area contributed by atoms with Crippen molar-refractivity contribution >= 4 is 29.1 Å². The monoisotopic (exact) mass is 372 g/mol. The molecule has 0 atom stereocenters. The van der Waals surface area contributed by atoms with Crippen LogP contribution >= 0.6 is 11.6 Å². The molecule has 0 aliphatic carbocycles. The van der Waals surface area contributed by atoms with Crippen LogP contribution in [0.3, 0.4) is 0 Å². The molecule has 0 saturated carbocycles. The summed E-state index contributed by atoms with van der Waals surface area (Å²) in [7, 11) is 3.61. The number of carbonyl (C=O) groups is 1. The van der Waals surface area contributed by atoms with Gasteiger partial charge in [-0.2, -0.15) is 0 Å². The van der Waals surface area contributed by atoms with Crippen LogP contribution in [0.4, 0.5) is 5.95 Å². The maximum absolute atomic E-state index is 12.9. The van der Waals surface area contributed by atoms with E-state index in [9.17, 15) is 9.59 Å². The van der Waals surface area contributed by atoms with E-state index in [1.54, 1.807) is 52.8 Å². The van der Waals surface area contributed by atoms with Gasteiger partial charge in [0.25, 0.3) is 11.5 Å². The number of hydrogen-bond acceptors (Lipinski definition) is 5. The minimum Gasteiger partial charge on any atom is -0.348 e. The highest BCUT2D eigenvalue weighted by atomic mass is 35.5. The van der Waals surface area contributed by atoms with Gasteiger partial charge in [0.1, 0.15) is 11.3 Å². The van der Waals surface area contributed by atoms with Crippen LogP contribution in [0.5, 0.6) is 0 Å². The summed E-state index contributed by atoms with van der Waals surface area (Å²) in [6, 6.07) is 3.49. The van der Waals surface area contributed by atoms with Gasteiger partial charge < -0.3 is 14.2 Å². The molecule has 0 spiro atoms. The first kappa shape index (κ1) is 16.6. The van der Waals surface area contributed by atoms with Gasteiger partial charge in [-0.1, -0.05) is 11.6 Å². The van der Waals surface area contributed by atoms with Gasteiger partial charge in [0.15, 0.2) is 0 Å². The summed E-state index contributed by atoms with van der Waals surface area (Å²) >= 11 is 5.98. The number of nitrogens with zero attached hydrogens (tertiary/aromatic N) is 5. The fraction of sp³-hybridized carbons (Fsp3) is 0.294. The molecule has 26 heavy (non-hydrogen) atoms. The third kappa shape index (κ3) is 2.82. The van der Waals surface area contributed by atoms with Gasteiger partial charge in [-0.3, -0.25) is 14.6 Å². The smallest absolute Gasteiger partial charge is 0.274 e. The second-order valence-electron chi connectivity index (χ2n) is 6.42. The Bertz CT molecular complexity index is 1070. The Labute approximate surface area is 154 Å². The molecule has 0 fully saturated rings. The lowest BCUT2D eigenvalue weighted by molar-refractivity contribution is 0.0726. The minimum atomic E-state index is -0.191. The number of imidazole rings is 1. The van der Waals surface area contributed by atoms with Gasteiger partial charge in [0, 0.05) is 38.6 Å². The van der Waals surface area contributed by atoms with Crippen molar-refractivity contribution in [3.8, 4) is 0 Å². The quantitative estimate of drug-likeness (QED) is 0.733. The second kappa shape index (κ2) is 6.14. The molecule has 8 nitrogen and oxygen atoms in total. The van der Waals surface area contributed by atoms with E-state index in [1.807, 2.05) is 0 Å². The number of nitrogens with one attached hydrogen (secondary N) is 1. The van der Waals surface area contributed by atoms with Crippen molar-refractivity contribution in [3.63, 3.8) is 0 Å². The third-order valence-corrected chi connectivity index (χ3v) is 4.63. The molecule has 1 amide bonds. The number of carbonyl (C=O) groups excluding carboxylic acids is 1. The summed E-state index contributed by atoms with van der Waals surface area (Å²) in [6.07, 6.45) is 3.84. The van der Waals surface area contributed by atoms with Crippen molar-refractivity contribution in [3.05, 3.63) is 56.9 Å². The van der Waals surface area contributed by atoms with Crippen LogP contribution in [-0.2, 0) is 13.0 Å². The lowest BCUT2D eigenvalue weighted by atomic mass is 10.1. The van der Waals surface area contributed by atoms with Gasteiger partial charge in [-0.05, 0) is 18.6 Å². The number of rotatable bonds is 2. The molecule has 0 bridgehead atoms. The zero-order valence-electron chi connectivity index (χ0n) is 14.4. The second-order valence-corrected chi connectivity index (χ2v) is 6.86. The Morgan fingerprint density at radius 3 is 2.85 bits per heavy atom. The Kier molecular flexibility index (Phi) is 3.91. The van der Waals surface area contributed by atoms with E-state index in [0.717, 1.165) is 0 Å². The number of aromatic nitrogens is 4. The molecule has 134 valence electrons. The Balaban J connectivity index is 1.65. The fourth-order valence-electron chi connectivity index (χ4n) is 3.04. The molecule has 3 aromatic rings. The van der Waals surface area contributed by atoms with Crippen molar-refractivity contribution in [2.24, 2.45) is 0 Å². The highest BCUT2D eigenvalue weighted by Crippen LogP contribution is 2.19. The Morgan fingerprint density at radius 1 is 1.27 bits per heavy atom. The highest BCUT2D eigenvalue weighted by molar-refractivity contribution is 6.30. The Hall–Kier alpha value is -2.87. The predicted molar refractivity (Wildman–Crippen MR) is 97.8 cm³/mol. The number of amides is 1. The zero-order chi connectivity index (χ0) is 18.4. The molecule has 1 aliphatic rings. The average Bonchev–Trinajstić information content (AvgIpc) is 3.03. The van der Waals surface area contributed by atoms with Crippen LogP contribution in [0.25, 0.3) is 5.65 Å². The van der Waals surface area contributed by atoms with Crippen LogP contribution in [-0.4, -0.2) is 50.8 Å². The van der Waals surface area contributed by atoms with E-state index in [-0.39, 0.29) is 18.0 Å². The molecule has 0 aromatic carbocycles. The molecule has 1 N–H and O–H groups in total. The van der Waals surface area contributed by atoms with Crippen LogP contribution in [0.1, 0.15) is 21.7 Å². The summed E-state index contributed by atoms with van der Waals surface area (Å²) in [4.78, 5) is 40.1. The van der Waals surface area contributed by atoms with Crippen LogP contribution in [0, 0.1) is 0 Å². The number of fused-ring (bicyclic) bond motifs is 2. The molecular formula is C17H17ClN6O2. The minimum absolute atomic E-state index is 0.145. The first-order chi connectivity index (χ1) is 12.4. The Morgan fingerprint density at radius 2 is 2.08 bits per heavy atom. The van der Waals surface area contributed by atoms with E-state index in [0.29, 0.717) is 46.5 Å². The summed E-state index contributed by atoms with van der Waals surface area (Å²) in [5.41, 5.74) is 2.12. The lowest BCUT2D eigenvalue weighted by Crippen LogP contribution is -2.39. The van der Waals surface area contributed by atoms with E-state index in [1.165, 1.54) is 0 Å². The van der Waals surface area contributed by atoms with Gasteiger partial charge >= 0.3 is 0 Å². The highest BCUT2D eigenvalue weighted by Gasteiger charge is 2.26. The van der Waals surface area contributed by atoms with Gasteiger partial charge in [-0.25, -0.2) is 9.97 Å². The van der Waals surface area contributed by atoms with E-state index < -0.39 is 0 Å². The molecule has 9 heteroatoms. The summed E-state index contributed by atoms with van der Waals surface area (Å²) in [5.74, 6) is 0.286. The van der Waals surface area contributed by atoms with Crippen molar-refractivity contribution in [1.82, 2.24) is 24.3 Å². The van der Waals surface area contributed by atoms with E-state index >= 15 is 0 Å². The molecule has 0 radical (unpaired) electrons. The number of anilines is 1. The van der Waals surface area contributed by atoms with E-state index in [2.05, 4.69) is 15.0 Å². The van der Waals surface area contributed by atoms with Crippen molar-refractivity contribution in [2.45, 2.75) is 13.0 Å². The van der Waals surface area contributed by atoms with E-state index in [4.69, 9.17) is 11.6 Å². The molecule has 0 unspecified atom stereocenters. The first-order valence-corrected chi connectivity index (χ1v) is 8.53. The van der Waals surface area contributed by atoms with Gasteiger partial charge in [-0.15, -0.1) is 0 Å². The van der Waals surface area contributed by atoms with Crippen molar-refractivity contribution in [1.29, 1.82) is 0 Å². The zero-order valence-corrected chi connectivity index (χ0v) is 15.1.